The van der Waals surface area contributed by atoms with Crippen LogP contribution in [-0.2, 0) is 0 Å². The highest BCUT2D eigenvalue weighted by molar-refractivity contribution is 5.86. The van der Waals surface area contributed by atoms with Gasteiger partial charge in [0.25, 0.3) is 0 Å². The maximum Gasteiger partial charge on any atom is 0.209 e. The minimum atomic E-state index is -0.269. The van der Waals surface area contributed by atoms with Gasteiger partial charge in [0.1, 0.15) is 11.4 Å². The number of rotatable bonds is 7. The third-order valence-corrected chi connectivity index (χ3v) is 4.54. The maximum absolute atomic E-state index is 12.6. The van der Waals surface area contributed by atoms with E-state index in [-0.39, 0.29) is 11.1 Å². The van der Waals surface area contributed by atoms with Crippen molar-refractivity contribution in [1.29, 1.82) is 5.41 Å². The number of benzene rings is 2. The second-order valence-corrected chi connectivity index (χ2v) is 6.52. The number of anilines is 1. The van der Waals surface area contributed by atoms with Gasteiger partial charge in [-0.1, -0.05) is 18.2 Å². The first kappa shape index (κ1) is 19.8. The molecule has 154 valence electrons. The monoisotopic (exact) mass is 412 g/mol. The van der Waals surface area contributed by atoms with E-state index in [4.69, 9.17) is 10.1 Å². The molecule has 0 saturated heterocycles. The van der Waals surface area contributed by atoms with Gasteiger partial charge >= 0.3 is 0 Å². The summed E-state index contributed by atoms with van der Waals surface area (Å²) in [5, 5.41) is 19.5. The zero-order valence-electron chi connectivity index (χ0n) is 16.8. The van der Waals surface area contributed by atoms with Crippen LogP contribution in [0.3, 0.4) is 0 Å². The fourth-order valence-electron chi connectivity index (χ4n) is 3.09. The molecule has 8 nitrogen and oxygen atoms in total. The predicted molar refractivity (Wildman–Crippen MR) is 120 cm³/mol. The summed E-state index contributed by atoms with van der Waals surface area (Å²) in [6.07, 6.45) is 7.73. The van der Waals surface area contributed by atoms with Crippen LogP contribution in [0.25, 0.3) is 17.1 Å². The Bertz CT molecular complexity index is 1280. The van der Waals surface area contributed by atoms with Crippen LogP contribution in [0.1, 0.15) is 5.69 Å². The van der Waals surface area contributed by atoms with Gasteiger partial charge in [0.15, 0.2) is 5.69 Å². The molecule has 8 heteroatoms. The van der Waals surface area contributed by atoms with Crippen molar-refractivity contribution in [3.05, 3.63) is 101 Å². The molecule has 0 fully saturated rings. The SMILES string of the molecule is COc1ccc(-n2cccn2)cc1-n1ccc(=O)c(/C(=C/C=N)Nc2ccccc2)n1. The lowest BCUT2D eigenvalue weighted by molar-refractivity contribution is 0.411. The molecule has 2 aromatic carbocycles. The predicted octanol–water partition coefficient (Wildman–Crippen LogP) is 3.53. The molecular weight excluding hydrogens is 392 g/mol. The second-order valence-electron chi connectivity index (χ2n) is 6.52. The van der Waals surface area contributed by atoms with Crippen molar-refractivity contribution < 1.29 is 4.74 Å². The van der Waals surface area contributed by atoms with E-state index in [0.717, 1.165) is 17.6 Å². The Hall–Kier alpha value is -4.46. The zero-order valence-corrected chi connectivity index (χ0v) is 16.8. The molecule has 0 saturated carbocycles. The van der Waals surface area contributed by atoms with Crippen LogP contribution < -0.4 is 15.5 Å². The average Bonchev–Trinajstić information content (AvgIpc) is 3.34. The molecule has 0 aliphatic rings. The molecule has 0 amide bonds. The smallest absolute Gasteiger partial charge is 0.209 e. The molecular formula is C23H20N6O2. The van der Waals surface area contributed by atoms with Crippen LogP contribution >= 0.6 is 0 Å². The van der Waals surface area contributed by atoms with Gasteiger partial charge in [0, 0.05) is 36.6 Å². The summed E-state index contributed by atoms with van der Waals surface area (Å²) in [5.74, 6) is 0.589. The Kier molecular flexibility index (Phi) is 5.70. The first-order valence-electron chi connectivity index (χ1n) is 9.51. The third-order valence-electron chi connectivity index (χ3n) is 4.54. The molecule has 0 radical (unpaired) electrons. The Morgan fingerprint density at radius 2 is 1.90 bits per heavy atom. The minimum absolute atomic E-state index is 0.182. The second kappa shape index (κ2) is 8.91. The summed E-state index contributed by atoms with van der Waals surface area (Å²) in [7, 11) is 1.58. The minimum Gasteiger partial charge on any atom is -0.494 e. The maximum atomic E-state index is 12.6. The van der Waals surface area contributed by atoms with Crippen LogP contribution in [0.5, 0.6) is 5.75 Å². The fraction of sp³-hybridized carbons (Fsp3) is 0.0435. The quantitative estimate of drug-likeness (QED) is 0.453. The van der Waals surface area contributed by atoms with Crippen molar-refractivity contribution in [1.82, 2.24) is 19.6 Å². The lowest BCUT2D eigenvalue weighted by Gasteiger charge is -2.15. The van der Waals surface area contributed by atoms with Crippen molar-refractivity contribution in [3.8, 4) is 17.1 Å². The van der Waals surface area contributed by atoms with E-state index < -0.39 is 0 Å². The van der Waals surface area contributed by atoms with E-state index >= 15 is 0 Å². The summed E-state index contributed by atoms with van der Waals surface area (Å²) in [6, 6.07) is 18.3. The van der Waals surface area contributed by atoms with Crippen LogP contribution in [0.15, 0.2) is 90.1 Å². The molecule has 0 aliphatic carbocycles. The normalized spacial score (nSPS) is 11.2. The molecule has 0 bridgehead atoms. The number of hydrogen-bond donors (Lipinski definition) is 2. The van der Waals surface area contributed by atoms with Crippen molar-refractivity contribution in [3.63, 3.8) is 0 Å². The number of hydrogen-bond acceptors (Lipinski definition) is 6. The number of aromatic nitrogens is 4. The molecule has 0 aliphatic heterocycles. The summed E-state index contributed by atoms with van der Waals surface area (Å²) in [4.78, 5) is 12.6. The highest BCUT2D eigenvalue weighted by Crippen LogP contribution is 2.25. The number of allylic oxidation sites excluding steroid dienone is 1. The van der Waals surface area contributed by atoms with Gasteiger partial charge in [-0.3, -0.25) is 4.79 Å². The molecule has 0 unspecified atom stereocenters. The van der Waals surface area contributed by atoms with Gasteiger partial charge in [0.05, 0.1) is 18.5 Å². The zero-order chi connectivity index (χ0) is 21.6. The number of nitrogens with zero attached hydrogens (tertiary/aromatic N) is 4. The van der Waals surface area contributed by atoms with Crippen molar-refractivity contribution in [2.45, 2.75) is 0 Å². The van der Waals surface area contributed by atoms with E-state index in [1.54, 1.807) is 28.9 Å². The molecule has 2 aromatic heterocycles. The highest BCUT2D eigenvalue weighted by Gasteiger charge is 2.13. The van der Waals surface area contributed by atoms with Gasteiger partial charge in [-0.15, -0.1) is 0 Å². The molecule has 2 heterocycles. The standard InChI is InChI=1S/C23H20N6O2/c1-31-22-9-8-18(28-14-5-13-25-28)16-20(22)29-15-11-21(30)23(27-29)19(10-12-24)26-17-6-3-2-4-7-17/h2-16,24,26H,1H3/b19-10-,24-12?. The van der Waals surface area contributed by atoms with E-state index in [1.165, 1.54) is 12.1 Å². The third kappa shape index (κ3) is 4.27. The fourth-order valence-corrected chi connectivity index (χ4v) is 3.09. The molecule has 4 aromatic rings. The van der Waals surface area contributed by atoms with Gasteiger partial charge < -0.3 is 15.5 Å². The van der Waals surface area contributed by atoms with E-state index in [2.05, 4.69) is 15.5 Å². The Labute approximate surface area is 178 Å². The Morgan fingerprint density at radius 3 is 2.61 bits per heavy atom. The number of nitrogens with one attached hydrogen (secondary N) is 2. The largest absolute Gasteiger partial charge is 0.494 e. The van der Waals surface area contributed by atoms with Gasteiger partial charge in [-0.05, 0) is 42.5 Å². The summed E-state index contributed by atoms with van der Waals surface area (Å²) < 4.78 is 8.81. The van der Waals surface area contributed by atoms with Crippen molar-refractivity contribution in [2.75, 3.05) is 12.4 Å². The Balaban J connectivity index is 1.80. The topological polar surface area (TPSA) is 97.8 Å². The molecule has 4 rings (SSSR count). The molecule has 2 N–H and O–H groups in total. The molecule has 31 heavy (non-hydrogen) atoms. The number of ether oxygens (including phenoxy) is 1. The number of methoxy groups -OCH3 is 1. The summed E-state index contributed by atoms with van der Waals surface area (Å²) in [6.45, 7) is 0. The van der Waals surface area contributed by atoms with E-state index in [0.29, 0.717) is 17.1 Å². The van der Waals surface area contributed by atoms with Crippen molar-refractivity contribution in [2.24, 2.45) is 0 Å². The van der Waals surface area contributed by atoms with Gasteiger partial charge in [-0.2, -0.15) is 10.2 Å². The summed E-state index contributed by atoms with van der Waals surface area (Å²) >= 11 is 0. The first-order chi connectivity index (χ1) is 15.2. The molecule has 0 spiro atoms. The van der Waals surface area contributed by atoms with E-state index in [9.17, 15) is 4.79 Å². The van der Waals surface area contributed by atoms with Crippen LogP contribution in [0, 0.1) is 5.41 Å². The van der Waals surface area contributed by atoms with Gasteiger partial charge in [0.2, 0.25) is 5.43 Å². The van der Waals surface area contributed by atoms with Gasteiger partial charge in [-0.25, -0.2) is 9.36 Å². The first-order valence-corrected chi connectivity index (χ1v) is 9.51. The summed E-state index contributed by atoms with van der Waals surface area (Å²) in [5.41, 5.74) is 2.58. The molecule has 0 atom stereocenters. The van der Waals surface area contributed by atoms with Crippen LogP contribution in [0.2, 0.25) is 0 Å². The van der Waals surface area contributed by atoms with Crippen LogP contribution in [-0.4, -0.2) is 32.9 Å². The van der Waals surface area contributed by atoms with E-state index in [1.807, 2.05) is 60.8 Å². The van der Waals surface area contributed by atoms with Crippen LogP contribution in [0.4, 0.5) is 5.69 Å². The number of para-hydroxylation sites is 1. The average molecular weight is 412 g/mol. The lowest BCUT2D eigenvalue weighted by Crippen LogP contribution is -2.18. The van der Waals surface area contributed by atoms with Crippen molar-refractivity contribution >= 4 is 17.6 Å². The highest BCUT2D eigenvalue weighted by atomic mass is 16.5. The lowest BCUT2D eigenvalue weighted by atomic mass is 10.2. The Morgan fingerprint density at radius 1 is 1.06 bits per heavy atom.